The van der Waals surface area contributed by atoms with E-state index in [0.717, 1.165) is 57.8 Å². The molecule has 0 aromatic heterocycles. The lowest BCUT2D eigenvalue weighted by atomic mass is 9.96. The van der Waals surface area contributed by atoms with Gasteiger partial charge in [0, 0.05) is 31.9 Å². The maximum atomic E-state index is 5.53. The van der Waals surface area contributed by atoms with Gasteiger partial charge in [0.25, 0.3) is 0 Å². The third-order valence-electron chi connectivity index (χ3n) is 4.65. The molecule has 2 aliphatic rings. The molecule has 0 bridgehead atoms. The number of rotatable bonds is 7. The van der Waals surface area contributed by atoms with Crippen LogP contribution in [0.2, 0.25) is 0 Å². The van der Waals surface area contributed by atoms with Crippen LogP contribution in [0.25, 0.3) is 0 Å². The lowest BCUT2D eigenvalue weighted by Gasteiger charge is -2.42. The van der Waals surface area contributed by atoms with Gasteiger partial charge in [-0.2, -0.15) is 11.8 Å². The van der Waals surface area contributed by atoms with Crippen molar-refractivity contribution in [1.82, 2.24) is 15.5 Å². The Kier molecular flexibility index (Phi) is 7.99. The largest absolute Gasteiger partial charge is 0.379 e. The second-order valence-corrected chi connectivity index (χ2v) is 8.04. The summed E-state index contributed by atoms with van der Waals surface area (Å²) in [5, 5.41) is 6.87. The molecule has 2 saturated heterocycles. The van der Waals surface area contributed by atoms with Gasteiger partial charge in [0.2, 0.25) is 0 Å². The molecule has 2 fully saturated rings. The predicted octanol–water partition coefficient (Wildman–Crippen LogP) is 1.80. The first-order valence-corrected chi connectivity index (χ1v) is 10.2. The molecule has 0 aromatic rings. The molecule has 1 atom stereocenters. The molecule has 2 aliphatic heterocycles. The summed E-state index contributed by atoms with van der Waals surface area (Å²) in [7, 11) is 0. The minimum Gasteiger partial charge on any atom is -0.379 e. The molecule has 0 radical (unpaired) electrons. The van der Waals surface area contributed by atoms with E-state index in [0.29, 0.717) is 0 Å². The number of ether oxygens (including phenoxy) is 1. The normalized spacial score (nSPS) is 26.7. The van der Waals surface area contributed by atoms with Crippen molar-refractivity contribution >= 4 is 17.7 Å². The first-order valence-electron chi connectivity index (χ1n) is 9.09. The number of hydrogen-bond acceptors (Lipinski definition) is 4. The highest BCUT2D eigenvalue weighted by molar-refractivity contribution is 7.99. The highest BCUT2D eigenvalue weighted by atomic mass is 32.2. The van der Waals surface area contributed by atoms with Gasteiger partial charge in [-0.1, -0.05) is 13.8 Å². The third-order valence-corrected chi connectivity index (χ3v) is 5.89. The SMILES string of the molecule is CCNC(=NCC1(N2CCOCC2)CCSC1)NCCC(C)C. The maximum absolute atomic E-state index is 5.53. The van der Waals surface area contributed by atoms with Gasteiger partial charge in [0.05, 0.1) is 25.3 Å². The van der Waals surface area contributed by atoms with Crippen LogP contribution < -0.4 is 10.6 Å². The fourth-order valence-corrected chi connectivity index (χ4v) is 4.62. The smallest absolute Gasteiger partial charge is 0.191 e. The fraction of sp³-hybridized carbons (Fsp3) is 0.941. The van der Waals surface area contributed by atoms with Crippen molar-refractivity contribution < 1.29 is 4.74 Å². The quantitative estimate of drug-likeness (QED) is 0.546. The van der Waals surface area contributed by atoms with Gasteiger partial charge in [0.15, 0.2) is 5.96 Å². The van der Waals surface area contributed by atoms with Crippen molar-refractivity contribution in [3.05, 3.63) is 0 Å². The number of nitrogens with zero attached hydrogens (tertiary/aromatic N) is 2. The molecule has 1 unspecified atom stereocenters. The summed E-state index contributed by atoms with van der Waals surface area (Å²) >= 11 is 2.07. The average molecular weight is 343 g/mol. The highest BCUT2D eigenvalue weighted by Gasteiger charge is 2.40. The van der Waals surface area contributed by atoms with E-state index in [-0.39, 0.29) is 5.54 Å². The predicted molar refractivity (Wildman–Crippen MR) is 101 cm³/mol. The monoisotopic (exact) mass is 342 g/mol. The topological polar surface area (TPSA) is 48.9 Å². The number of nitrogens with one attached hydrogen (secondary N) is 2. The van der Waals surface area contributed by atoms with E-state index in [1.165, 1.54) is 24.3 Å². The van der Waals surface area contributed by atoms with E-state index in [1.807, 2.05) is 0 Å². The lowest BCUT2D eigenvalue weighted by Crippen LogP contribution is -2.56. The second kappa shape index (κ2) is 9.74. The van der Waals surface area contributed by atoms with Crippen molar-refractivity contribution in [3.63, 3.8) is 0 Å². The summed E-state index contributed by atoms with van der Waals surface area (Å²) in [6.07, 6.45) is 2.42. The number of thioether (sulfide) groups is 1. The molecule has 0 aliphatic carbocycles. The minimum atomic E-state index is 0.231. The van der Waals surface area contributed by atoms with Crippen LogP contribution in [0.15, 0.2) is 4.99 Å². The summed E-state index contributed by atoms with van der Waals surface area (Å²) in [5.74, 6) is 4.14. The van der Waals surface area contributed by atoms with Crippen LogP contribution in [0, 0.1) is 5.92 Å². The zero-order valence-electron chi connectivity index (χ0n) is 15.1. The van der Waals surface area contributed by atoms with E-state index in [9.17, 15) is 0 Å². The van der Waals surface area contributed by atoms with Crippen molar-refractivity contribution in [2.75, 3.05) is 57.4 Å². The van der Waals surface area contributed by atoms with Gasteiger partial charge in [-0.15, -0.1) is 0 Å². The van der Waals surface area contributed by atoms with E-state index < -0.39 is 0 Å². The molecule has 2 rings (SSSR count). The van der Waals surface area contributed by atoms with Gasteiger partial charge in [0.1, 0.15) is 0 Å². The Balaban J connectivity index is 1.95. The van der Waals surface area contributed by atoms with Crippen LogP contribution in [0.5, 0.6) is 0 Å². The number of morpholine rings is 1. The Morgan fingerprint density at radius 3 is 2.70 bits per heavy atom. The second-order valence-electron chi connectivity index (χ2n) is 6.93. The van der Waals surface area contributed by atoms with Crippen molar-refractivity contribution in [1.29, 1.82) is 0 Å². The Morgan fingerprint density at radius 2 is 2.09 bits per heavy atom. The standard InChI is InChI=1S/C17H34N4OS/c1-4-18-16(19-7-5-15(2)3)20-13-17(6-12-23-14-17)21-8-10-22-11-9-21/h15H,4-14H2,1-3H3,(H2,18,19,20). The van der Waals surface area contributed by atoms with Gasteiger partial charge < -0.3 is 15.4 Å². The van der Waals surface area contributed by atoms with Gasteiger partial charge in [-0.05, 0) is 31.4 Å². The molecular weight excluding hydrogens is 308 g/mol. The molecule has 6 heteroatoms. The molecule has 5 nitrogen and oxygen atoms in total. The van der Waals surface area contributed by atoms with Crippen LogP contribution in [0.3, 0.4) is 0 Å². The zero-order valence-corrected chi connectivity index (χ0v) is 15.9. The van der Waals surface area contributed by atoms with Crippen molar-refractivity contribution in [3.8, 4) is 0 Å². The molecule has 0 saturated carbocycles. The van der Waals surface area contributed by atoms with Crippen LogP contribution in [0.4, 0.5) is 0 Å². The summed E-state index contributed by atoms with van der Waals surface area (Å²) in [6.45, 7) is 13.3. The van der Waals surface area contributed by atoms with E-state index in [2.05, 4.69) is 48.1 Å². The van der Waals surface area contributed by atoms with E-state index in [1.54, 1.807) is 0 Å². The molecule has 0 spiro atoms. The Labute approximate surface area is 146 Å². The summed E-state index contributed by atoms with van der Waals surface area (Å²) < 4.78 is 5.53. The third kappa shape index (κ3) is 5.84. The Hall–Kier alpha value is -0.460. The van der Waals surface area contributed by atoms with Gasteiger partial charge in [-0.25, -0.2) is 0 Å². The summed E-state index contributed by atoms with van der Waals surface area (Å²) in [5.41, 5.74) is 0.231. The van der Waals surface area contributed by atoms with Crippen molar-refractivity contribution in [2.24, 2.45) is 10.9 Å². The summed E-state index contributed by atoms with van der Waals surface area (Å²) in [6, 6.07) is 0. The first kappa shape index (κ1) is 18.9. The van der Waals surface area contributed by atoms with E-state index in [4.69, 9.17) is 9.73 Å². The number of hydrogen-bond donors (Lipinski definition) is 2. The number of guanidine groups is 1. The first-order chi connectivity index (χ1) is 11.2. The van der Waals surface area contributed by atoms with Crippen molar-refractivity contribution in [2.45, 2.75) is 39.2 Å². The number of aliphatic imine (C=N–C) groups is 1. The van der Waals surface area contributed by atoms with Crippen LogP contribution >= 0.6 is 11.8 Å². The molecule has 0 aromatic carbocycles. The Morgan fingerprint density at radius 1 is 1.30 bits per heavy atom. The highest BCUT2D eigenvalue weighted by Crippen LogP contribution is 2.34. The maximum Gasteiger partial charge on any atom is 0.191 e. The molecule has 2 N–H and O–H groups in total. The molecule has 2 heterocycles. The molecular formula is C17H34N4OS. The Bertz CT molecular complexity index is 364. The molecule has 134 valence electrons. The van der Waals surface area contributed by atoms with Crippen LogP contribution in [0.1, 0.15) is 33.6 Å². The fourth-order valence-electron chi connectivity index (χ4n) is 3.16. The minimum absolute atomic E-state index is 0.231. The van der Waals surface area contributed by atoms with Gasteiger partial charge in [-0.3, -0.25) is 9.89 Å². The van der Waals surface area contributed by atoms with Crippen LogP contribution in [-0.2, 0) is 4.74 Å². The van der Waals surface area contributed by atoms with Crippen LogP contribution in [-0.4, -0.2) is 73.8 Å². The molecule has 0 amide bonds. The lowest BCUT2D eigenvalue weighted by molar-refractivity contribution is -0.0104. The average Bonchev–Trinajstić information content (AvgIpc) is 3.03. The molecule has 23 heavy (non-hydrogen) atoms. The van der Waals surface area contributed by atoms with E-state index >= 15 is 0 Å². The summed E-state index contributed by atoms with van der Waals surface area (Å²) in [4.78, 5) is 7.56. The van der Waals surface area contributed by atoms with Gasteiger partial charge >= 0.3 is 0 Å². The zero-order chi connectivity index (χ0) is 16.5.